The number of nitro groups is 1. The molecule has 1 amide bonds. The molecule has 0 fully saturated rings. The normalized spacial score (nSPS) is 22.2. The molecule has 0 aromatic heterocycles. The van der Waals surface area contributed by atoms with E-state index in [0.29, 0.717) is 22.5 Å². The monoisotopic (exact) mass is 340 g/mol. The number of nitro benzene ring substituents is 1. The van der Waals surface area contributed by atoms with E-state index in [1.165, 1.54) is 30.3 Å². The first kappa shape index (κ1) is 14.9. The summed E-state index contributed by atoms with van der Waals surface area (Å²) in [4.78, 5) is 23.0. The molecular weight excluding hydrogens is 328 g/mol. The lowest BCUT2D eigenvalue weighted by atomic mass is 9.89. The van der Waals surface area contributed by atoms with Gasteiger partial charge in [-0.15, -0.1) is 0 Å². The quantitative estimate of drug-likeness (QED) is 0.286. The highest BCUT2D eigenvalue weighted by molar-refractivity contribution is 6.18. The number of hydrogen-bond acceptors (Lipinski definition) is 7. The second kappa shape index (κ2) is 5.20. The van der Waals surface area contributed by atoms with Crippen molar-refractivity contribution >= 4 is 28.7 Å². The Labute approximate surface area is 140 Å². The summed E-state index contributed by atoms with van der Waals surface area (Å²) in [5.74, 6) is -1.17. The Morgan fingerprint density at radius 3 is 2.64 bits per heavy atom. The van der Waals surface area contributed by atoms with Crippen LogP contribution in [0.15, 0.2) is 41.6 Å². The summed E-state index contributed by atoms with van der Waals surface area (Å²) >= 11 is 0. The number of anilines is 2. The van der Waals surface area contributed by atoms with Crippen LogP contribution in [0.5, 0.6) is 5.75 Å². The summed E-state index contributed by atoms with van der Waals surface area (Å²) in [5, 5.41) is 39.2. The van der Waals surface area contributed by atoms with Crippen LogP contribution in [0, 0.1) is 10.1 Å². The molecule has 9 nitrogen and oxygen atoms in total. The van der Waals surface area contributed by atoms with Crippen LogP contribution in [0.4, 0.5) is 17.1 Å². The fourth-order valence-electron chi connectivity index (χ4n) is 3.35. The number of nitrogens with zero attached hydrogens (tertiary/aromatic N) is 2. The van der Waals surface area contributed by atoms with Crippen LogP contribution in [-0.4, -0.2) is 32.9 Å². The molecule has 4 N–H and O–H groups in total. The van der Waals surface area contributed by atoms with Gasteiger partial charge in [0.25, 0.3) is 5.69 Å². The first-order valence-electron chi connectivity index (χ1n) is 7.40. The van der Waals surface area contributed by atoms with E-state index in [2.05, 4.69) is 15.8 Å². The third-order valence-corrected chi connectivity index (χ3v) is 4.45. The zero-order valence-electron chi connectivity index (χ0n) is 12.6. The highest BCUT2D eigenvalue weighted by Gasteiger charge is 2.44. The maximum absolute atomic E-state index is 12.5. The number of benzene rings is 2. The average molecular weight is 340 g/mol. The van der Waals surface area contributed by atoms with Gasteiger partial charge in [-0.05, 0) is 29.8 Å². The van der Waals surface area contributed by atoms with E-state index in [1.807, 2.05) is 0 Å². The Bertz CT molecular complexity index is 956. The van der Waals surface area contributed by atoms with Gasteiger partial charge in [-0.3, -0.25) is 14.9 Å². The van der Waals surface area contributed by atoms with Crippen molar-refractivity contribution in [3.8, 4) is 5.75 Å². The number of non-ortho nitro benzene ring substituents is 1. The maximum Gasteiger partial charge on any atom is 0.269 e. The Morgan fingerprint density at radius 1 is 1.16 bits per heavy atom. The third-order valence-electron chi connectivity index (χ3n) is 4.45. The number of rotatable bonds is 2. The summed E-state index contributed by atoms with van der Waals surface area (Å²) in [6.45, 7) is 0. The van der Waals surface area contributed by atoms with Gasteiger partial charge in [-0.1, -0.05) is 5.16 Å². The number of oxime groups is 1. The standard InChI is InChI=1S/C16H12N4O5/c21-8-2-4-12-10(6-8)14(19-23)15(17-12)13-9-5-7(20(24)25)1-3-11(9)18-16(13)22/h1-6,13,15,17,21,23H,(H,18,22)/b19-14-. The van der Waals surface area contributed by atoms with Crippen molar-refractivity contribution in [2.45, 2.75) is 12.0 Å². The Kier molecular flexibility index (Phi) is 3.11. The first-order valence-corrected chi connectivity index (χ1v) is 7.40. The highest BCUT2D eigenvalue weighted by Crippen LogP contribution is 2.42. The molecule has 2 unspecified atom stereocenters. The van der Waals surface area contributed by atoms with Crippen LogP contribution < -0.4 is 10.6 Å². The van der Waals surface area contributed by atoms with Gasteiger partial charge < -0.3 is 20.9 Å². The fraction of sp³-hybridized carbons (Fsp3) is 0.125. The zero-order valence-corrected chi connectivity index (χ0v) is 12.6. The lowest BCUT2D eigenvalue weighted by Gasteiger charge is -2.18. The molecule has 2 aliphatic heterocycles. The van der Waals surface area contributed by atoms with Crippen molar-refractivity contribution in [3.05, 3.63) is 57.6 Å². The number of amides is 1. The van der Waals surface area contributed by atoms with Crippen molar-refractivity contribution < 1.29 is 20.0 Å². The number of nitrogens with one attached hydrogen (secondary N) is 2. The number of phenols is 1. The summed E-state index contributed by atoms with van der Waals surface area (Å²) in [5.41, 5.74) is 2.07. The van der Waals surface area contributed by atoms with E-state index in [4.69, 9.17) is 0 Å². The molecule has 126 valence electrons. The molecule has 2 aliphatic rings. The molecule has 2 atom stereocenters. The zero-order chi connectivity index (χ0) is 17.7. The molecule has 0 spiro atoms. The maximum atomic E-state index is 12.5. The number of hydrogen-bond donors (Lipinski definition) is 4. The minimum absolute atomic E-state index is 0.00531. The Balaban J connectivity index is 1.80. The first-order chi connectivity index (χ1) is 12.0. The highest BCUT2D eigenvalue weighted by atomic mass is 16.6. The van der Waals surface area contributed by atoms with Gasteiger partial charge in [0.15, 0.2) is 0 Å². The summed E-state index contributed by atoms with van der Waals surface area (Å²) in [6.07, 6.45) is 0. The minimum Gasteiger partial charge on any atom is -0.508 e. The van der Waals surface area contributed by atoms with Crippen molar-refractivity contribution in [1.29, 1.82) is 0 Å². The van der Waals surface area contributed by atoms with Crippen LogP contribution in [-0.2, 0) is 4.79 Å². The fourth-order valence-corrected chi connectivity index (χ4v) is 3.35. The largest absolute Gasteiger partial charge is 0.508 e. The second-order valence-corrected chi connectivity index (χ2v) is 5.83. The third kappa shape index (κ3) is 2.17. The molecule has 9 heteroatoms. The number of phenolic OH excluding ortho intramolecular Hbond substituents is 1. The van der Waals surface area contributed by atoms with Gasteiger partial charge in [0.05, 0.1) is 16.9 Å². The van der Waals surface area contributed by atoms with Crippen LogP contribution in [0.1, 0.15) is 17.0 Å². The van der Waals surface area contributed by atoms with Gasteiger partial charge in [0, 0.05) is 29.1 Å². The Hall–Kier alpha value is -3.62. The summed E-state index contributed by atoms with van der Waals surface area (Å²) in [7, 11) is 0. The molecule has 0 aliphatic carbocycles. The van der Waals surface area contributed by atoms with Gasteiger partial charge in [-0.25, -0.2) is 0 Å². The number of aromatic hydroxyl groups is 1. The molecule has 4 rings (SSSR count). The van der Waals surface area contributed by atoms with Gasteiger partial charge >= 0.3 is 0 Å². The van der Waals surface area contributed by atoms with Crippen molar-refractivity contribution in [2.24, 2.45) is 5.16 Å². The van der Waals surface area contributed by atoms with Crippen LogP contribution in [0.3, 0.4) is 0 Å². The number of carbonyl (C=O) groups is 1. The molecule has 0 saturated carbocycles. The summed E-state index contributed by atoms with van der Waals surface area (Å²) < 4.78 is 0. The van der Waals surface area contributed by atoms with E-state index < -0.39 is 16.9 Å². The molecule has 0 bridgehead atoms. The molecule has 0 radical (unpaired) electrons. The van der Waals surface area contributed by atoms with E-state index in [9.17, 15) is 25.2 Å². The molecule has 0 saturated heterocycles. The smallest absolute Gasteiger partial charge is 0.269 e. The van der Waals surface area contributed by atoms with Crippen molar-refractivity contribution in [1.82, 2.24) is 0 Å². The van der Waals surface area contributed by atoms with Gasteiger partial charge in [-0.2, -0.15) is 0 Å². The average Bonchev–Trinajstić information content (AvgIpc) is 3.09. The van der Waals surface area contributed by atoms with E-state index >= 15 is 0 Å². The predicted octanol–water partition coefficient (Wildman–Crippen LogP) is 2.01. The number of fused-ring (bicyclic) bond motifs is 2. The molecule has 2 heterocycles. The van der Waals surface area contributed by atoms with Gasteiger partial charge in [0.2, 0.25) is 5.91 Å². The van der Waals surface area contributed by atoms with Gasteiger partial charge in [0.1, 0.15) is 11.5 Å². The minimum atomic E-state index is -0.810. The topological polar surface area (TPSA) is 137 Å². The van der Waals surface area contributed by atoms with Crippen LogP contribution >= 0.6 is 0 Å². The second-order valence-electron chi connectivity index (χ2n) is 5.83. The van der Waals surface area contributed by atoms with E-state index in [-0.39, 0.29) is 23.1 Å². The summed E-state index contributed by atoms with van der Waals surface area (Å²) in [6, 6.07) is 7.93. The van der Waals surface area contributed by atoms with Crippen molar-refractivity contribution in [2.75, 3.05) is 10.6 Å². The molecule has 2 aromatic rings. The predicted molar refractivity (Wildman–Crippen MR) is 88.3 cm³/mol. The molecule has 25 heavy (non-hydrogen) atoms. The van der Waals surface area contributed by atoms with E-state index in [0.717, 1.165) is 0 Å². The molecule has 2 aromatic carbocycles. The molecular formula is C16H12N4O5. The van der Waals surface area contributed by atoms with Crippen LogP contribution in [0.25, 0.3) is 0 Å². The van der Waals surface area contributed by atoms with Crippen LogP contribution in [0.2, 0.25) is 0 Å². The lowest BCUT2D eigenvalue weighted by Crippen LogP contribution is -2.34. The number of carbonyl (C=O) groups excluding carboxylic acids is 1. The van der Waals surface area contributed by atoms with Crippen molar-refractivity contribution in [3.63, 3.8) is 0 Å². The Morgan fingerprint density at radius 2 is 1.92 bits per heavy atom. The SMILES string of the molecule is O=C1Nc2ccc([N+](=O)[O-])cc2C1C1Nc2ccc(O)cc2/C1=N/O. The lowest BCUT2D eigenvalue weighted by molar-refractivity contribution is -0.384. The van der Waals surface area contributed by atoms with E-state index in [1.54, 1.807) is 6.07 Å².